The topological polar surface area (TPSA) is 103 Å². The fourth-order valence-electron chi connectivity index (χ4n) is 0.997. The highest BCUT2D eigenvalue weighted by Gasteiger charge is 2.14. The van der Waals surface area contributed by atoms with Crippen LogP contribution in [-0.4, -0.2) is 21.6 Å². The lowest BCUT2D eigenvalue weighted by Gasteiger charge is -1.87. The molecule has 0 aromatic carbocycles. The van der Waals surface area contributed by atoms with Gasteiger partial charge in [-0.3, -0.25) is 0 Å². The quantitative estimate of drug-likeness (QED) is 0.517. The first kappa shape index (κ1) is 9.22. The van der Waals surface area contributed by atoms with Crippen LogP contribution < -0.4 is 0 Å². The van der Waals surface area contributed by atoms with Crippen LogP contribution in [0.15, 0.2) is 6.07 Å². The van der Waals surface area contributed by atoms with E-state index in [1.54, 1.807) is 6.07 Å². The third-order valence-electron chi connectivity index (χ3n) is 1.57. The molecule has 0 bridgehead atoms. The maximum Gasteiger partial charge on any atom is 0.322 e. The molecule has 68 valence electrons. The number of hydrogen-bond acceptors (Lipinski definition) is 4. The fourth-order valence-corrected chi connectivity index (χ4v) is 0.997. The Morgan fingerprint density at radius 2 is 2.46 bits per heavy atom. The van der Waals surface area contributed by atoms with Crippen LogP contribution in [0.5, 0.6) is 0 Å². The molecule has 1 rings (SSSR count). The lowest BCUT2D eigenvalue weighted by molar-refractivity contribution is -0.389. The van der Waals surface area contributed by atoms with Gasteiger partial charge in [0.2, 0.25) is 5.69 Å². The first-order valence-electron chi connectivity index (χ1n) is 3.56. The lowest BCUT2D eigenvalue weighted by Crippen LogP contribution is -1.90. The van der Waals surface area contributed by atoms with Crippen molar-refractivity contribution in [3.8, 4) is 6.07 Å². The molecule has 0 aliphatic heterocycles. The van der Waals surface area contributed by atoms with E-state index < -0.39 is 4.92 Å². The highest BCUT2D eigenvalue weighted by Crippen LogP contribution is 2.16. The minimum absolute atomic E-state index is 0.135. The van der Waals surface area contributed by atoms with E-state index in [-0.39, 0.29) is 24.5 Å². The maximum absolute atomic E-state index is 10.3. The van der Waals surface area contributed by atoms with Gasteiger partial charge in [-0.05, 0) is 4.92 Å². The molecular formula is C7H7N3O3. The molecule has 0 atom stereocenters. The minimum atomic E-state index is -0.609. The number of rotatable bonds is 3. The van der Waals surface area contributed by atoms with Gasteiger partial charge >= 0.3 is 5.82 Å². The van der Waals surface area contributed by atoms with Crippen LogP contribution >= 0.6 is 0 Å². The summed E-state index contributed by atoms with van der Waals surface area (Å²) in [6.45, 7) is -0.135. The van der Waals surface area contributed by atoms with Gasteiger partial charge in [0.15, 0.2) is 0 Å². The molecule has 2 N–H and O–H groups in total. The molecule has 0 unspecified atom stereocenters. The summed E-state index contributed by atoms with van der Waals surface area (Å²) in [4.78, 5) is 12.0. The van der Waals surface area contributed by atoms with Crippen LogP contribution in [0, 0.1) is 21.4 Å². The molecule has 0 fully saturated rings. The van der Waals surface area contributed by atoms with E-state index in [2.05, 4.69) is 4.98 Å². The molecule has 0 aliphatic rings. The molecule has 0 aliphatic carbocycles. The van der Waals surface area contributed by atoms with E-state index >= 15 is 0 Å². The van der Waals surface area contributed by atoms with Crippen molar-refractivity contribution in [3.63, 3.8) is 0 Å². The number of hydrogen-bond donors (Lipinski definition) is 2. The van der Waals surface area contributed by atoms with Gasteiger partial charge < -0.3 is 15.2 Å². The van der Waals surface area contributed by atoms with Gasteiger partial charge in [-0.2, -0.15) is 5.26 Å². The number of nitriles is 1. The maximum atomic E-state index is 10.3. The van der Waals surface area contributed by atoms with Crippen LogP contribution in [-0.2, 0) is 6.42 Å². The molecule has 1 aromatic rings. The molecule has 0 saturated carbocycles. The van der Waals surface area contributed by atoms with Crippen molar-refractivity contribution < 1.29 is 10.0 Å². The average molecular weight is 181 g/mol. The molecule has 0 saturated heterocycles. The van der Waals surface area contributed by atoms with E-state index in [1.165, 1.54) is 6.07 Å². The summed E-state index contributed by atoms with van der Waals surface area (Å²) in [5.41, 5.74) is 0.609. The summed E-state index contributed by atoms with van der Waals surface area (Å²) in [5, 5.41) is 27.4. The van der Waals surface area contributed by atoms with E-state index in [0.717, 1.165) is 0 Å². The summed E-state index contributed by atoms with van der Waals surface area (Å²) in [7, 11) is 0. The summed E-state index contributed by atoms with van der Waals surface area (Å²) < 4.78 is 0. The average Bonchev–Trinajstić information content (AvgIpc) is 2.48. The Balaban J connectivity index is 3.06. The zero-order chi connectivity index (χ0) is 9.84. The van der Waals surface area contributed by atoms with Gasteiger partial charge in [-0.15, -0.1) is 0 Å². The molecule has 6 nitrogen and oxygen atoms in total. The molecule has 0 amide bonds. The Morgan fingerprint density at radius 1 is 1.77 bits per heavy atom. The number of aromatic amines is 1. The number of aliphatic hydroxyl groups excluding tert-OH is 1. The van der Waals surface area contributed by atoms with Crippen molar-refractivity contribution in [1.82, 2.24) is 4.98 Å². The highest BCUT2D eigenvalue weighted by molar-refractivity contribution is 5.40. The molecule has 1 aromatic heterocycles. The van der Waals surface area contributed by atoms with Gasteiger partial charge in [0, 0.05) is 24.7 Å². The second-order valence-corrected chi connectivity index (χ2v) is 2.40. The van der Waals surface area contributed by atoms with Crippen molar-refractivity contribution in [2.45, 2.75) is 6.42 Å². The largest absolute Gasteiger partial charge is 0.396 e. The van der Waals surface area contributed by atoms with Crippen molar-refractivity contribution in [2.75, 3.05) is 6.61 Å². The number of nitrogens with zero attached hydrogens (tertiary/aromatic N) is 2. The fraction of sp³-hybridized carbons (Fsp3) is 0.286. The Hall–Kier alpha value is -1.87. The summed E-state index contributed by atoms with van der Waals surface area (Å²) in [6.07, 6.45) is 0.243. The minimum Gasteiger partial charge on any atom is -0.396 e. The first-order valence-corrected chi connectivity index (χ1v) is 3.56. The Bertz CT molecular complexity index is 364. The molecular weight excluding hydrogens is 174 g/mol. The van der Waals surface area contributed by atoms with Gasteiger partial charge in [-0.1, -0.05) is 0 Å². The zero-order valence-electron chi connectivity index (χ0n) is 6.65. The predicted molar refractivity (Wildman–Crippen MR) is 43.0 cm³/mol. The SMILES string of the molecule is N#Cc1[nH]c([N+](=O)[O-])cc1CCO. The molecule has 0 spiro atoms. The van der Waals surface area contributed by atoms with Gasteiger partial charge in [0.1, 0.15) is 6.07 Å². The van der Waals surface area contributed by atoms with Crippen molar-refractivity contribution in [1.29, 1.82) is 5.26 Å². The van der Waals surface area contributed by atoms with Crippen LogP contribution in [0.4, 0.5) is 5.82 Å². The monoisotopic (exact) mass is 181 g/mol. The molecule has 1 heterocycles. The third kappa shape index (κ3) is 1.83. The highest BCUT2D eigenvalue weighted by atomic mass is 16.6. The molecule has 6 heteroatoms. The van der Waals surface area contributed by atoms with Gasteiger partial charge in [0.25, 0.3) is 0 Å². The number of aliphatic hydroxyl groups is 1. The second-order valence-electron chi connectivity index (χ2n) is 2.40. The predicted octanol–water partition coefficient (Wildman–Crippen LogP) is 0.329. The van der Waals surface area contributed by atoms with Crippen molar-refractivity contribution in [3.05, 3.63) is 27.4 Å². The van der Waals surface area contributed by atoms with Crippen molar-refractivity contribution in [2.24, 2.45) is 0 Å². The molecule has 0 radical (unpaired) electrons. The summed E-state index contributed by atoms with van der Waals surface area (Å²) in [5.74, 6) is -0.222. The van der Waals surface area contributed by atoms with E-state index in [9.17, 15) is 10.1 Å². The Labute approximate surface area is 73.6 Å². The van der Waals surface area contributed by atoms with Gasteiger partial charge in [-0.25, -0.2) is 4.98 Å². The van der Waals surface area contributed by atoms with Gasteiger partial charge in [0.05, 0.1) is 0 Å². The first-order chi connectivity index (χ1) is 6.19. The molecule has 13 heavy (non-hydrogen) atoms. The van der Waals surface area contributed by atoms with Crippen LogP contribution in [0.2, 0.25) is 0 Å². The second kappa shape index (κ2) is 3.69. The van der Waals surface area contributed by atoms with Crippen molar-refractivity contribution >= 4 is 5.82 Å². The summed E-state index contributed by atoms with van der Waals surface area (Å²) >= 11 is 0. The lowest BCUT2D eigenvalue weighted by atomic mass is 10.2. The number of nitro groups is 1. The Morgan fingerprint density at radius 3 is 2.92 bits per heavy atom. The van der Waals surface area contributed by atoms with Crippen LogP contribution in [0.3, 0.4) is 0 Å². The van der Waals surface area contributed by atoms with Crippen LogP contribution in [0.25, 0.3) is 0 Å². The van der Waals surface area contributed by atoms with E-state index in [0.29, 0.717) is 5.56 Å². The van der Waals surface area contributed by atoms with E-state index in [1.807, 2.05) is 0 Å². The normalized spacial score (nSPS) is 9.54. The third-order valence-corrected chi connectivity index (χ3v) is 1.57. The number of nitrogens with one attached hydrogen (secondary N) is 1. The van der Waals surface area contributed by atoms with Crippen LogP contribution in [0.1, 0.15) is 11.3 Å². The Kier molecular flexibility index (Phi) is 2.62. The summed E-state index contributed by atoms with van der Waals surface area (Å²) in [6, 6.07) is 3.04. The number of H-pyrrole nitrogens is 1. The standard InChI is InChI=1S/C7H7N3O3/c8-4-6-5(1-2-11)3-7(9-6)10(12)13/h3,9,11H,1-2H2. The smallest absolute Gasteiger partial charge is 0.322 e. The van der Waals surface area contributed by atoms with E-state index in [4.69, 9.17) is 10.4 Å². The number of aromatic nitrogens is 1. The zero-order valence-corrected chi connectivity index (χ0v) is 6.65.